The number of hydrogen-bond donors (Lipinski definition) is 0. The number of benzene rings is 1. The van der Waals surface area contributed by atoms with E-state index in [1.54, 1.807) is 11.0 Å². The normalized spacial score (nSPS) is 18.4. The topological polar surface area (TPSA) is 59.2 Å². The Balaban J connectivity index is 1.75. The van der Waals surface area contributed by atoms with E-state index in [1.807, 2.05) is 26.0 Å². The van der Waals surface area contributed by atoms with Gasteiger partial charge in [0.05, 0.1) is 5.92 Å². The lowest BCUT2D eigenvalue weighted by Gasteiger charge is -2.31. The van der Waals surface area contributed by atoms with Gasteiger partial charge in [-0.2, -0.15) is 13.2 Å². The van der Waals surface area contributed by atoms with Crippen LogP contribution < -0.4 is 0 Å². The Hall–Kier alpha value is -2.38. The number of likely N-dealkylation sites (tertiary alicyclic amines) is 1. The van der Waals surface area contributed by atoms with Gasteiger partial charge in [0, 0.05) is 18.7 Å². The molecule has 2 heterocycles. The second-order valence-corrected chi connectivity index (χ2v) is 6.33. The third-order valence-electron chi connectivity index (χ3n) is 4.49. The number of aryl methyl sites for hydroxylation is 2. The molecule has 1 amide bonds. The van der Waals surface area contributed by atoms with E-state index in [9.17, 15) is 18.0 Å². The zero-order valence-electron chi connectivity index (χ0n) is 13.9. The molecule has 8 heteroatoms. The van der Waals surface area contributed by atoms with Gasteiger partial charge in [0.15, 0.2) is 0 Å². The highest BCUT2D eigenvalue weighted by Crippen LogP contribution is 2.32. The Morgan fingerprint density at radius 3 is 2.64 bits per heavy atom. The quantitative estimate of drug-likeness (QED) is 0.826. The average Bonchev–Trinajstić information content (AvgIpc) is 3.07. The predicted molar refractivity (Wildman–Crippen MR) is 83.1 cm³/mol. The number of halogens is 3. The highest BCUT2D eigenvalue weighted by molar-refractivity contribution is 5.94. The Morgan fingerprint density at radius 1 is 1.24 bits per heavy atom. The van der Waals surface area contributed by atoms with Gasteiger partial charge < -0.3 is 9.32 Å². The molecule has 1 atom stereocenters. The molecule has 1 saturated heterocycles. The van der Waals surface area contributed by atoms with Crippen LogP contribution in [0.25, 0.3) is 0 Å². The molecular weight excluding hydrogens is 335 g/mol. The summed E-state index contributed by atoms with van der Waals surface area (Å²) in [5.74, 6) is -1.93. The Kier molecular flexibility index (Phi) is 4.53. The molecule has 1 unspecified atom stereocenters. The van der Waals surface area contributed by atoms with Crippen LogP contribution in [0.3, 0.4) is 0 Å². The van der Waals surface area contributed by atoms with Crippen LogP contribution in [0.2, 0.25) is 0 Å². The second-order valence-electron chi connectivity index (χ2n) is 6.33. The van der Waals surface area contributed by atoms with Crippen LogP contribution in [-0.4, -0.2) is 34.1 Å². The minimum absolute atomic E-state index is 0.0649. The van der Waals surface area contributed by atoms with E-state index in [0.29, 0.717) is 24.9 Å². The van der Waals surface area contributed by atoms with Gasteiger partial charge in [-0.25, -0.2) is 0 Å². The largest absolute Gasteiger partial charge is 0.470 e. The Morgan fingerprint density at radius 2 is 2.00 bits per heavy atom. The Labute approximate surface area is 142 Å². The van der Waals surface area contributed by atoms with Gasteiger partial charge in [0.2, 0.25) is 5.89 Å². The monoisotopic (exact) mass is 353 g/mol. The van der Waals surface area contributed by atoms with Crippen molar-refractivity contribution in [2.75, 3.05) is 13.1 Å². The van der Waals surface area contributed by atoms with Crippen molar-refractivity contribution in [3.05, 3.63) is 46.7 Å². The van der Waals surface area contributed by atoms with Crippen molar-refractivity contribution in [1.29, 1.82) is 0 Å². The van der Waals surface area contributed by atoms with Gasteiger partial charge in [-0.05, 0) is 49.9 Å². The summed E-state index contributed by atoms with van der Waals surface area (Å²) in [5, 5.41) is 6.59. The standard InChI is InChI=1S/C17H18F3N3O2/c1-10-5-6-12(8-11(10)2)15(24)23-7-3-4-13(9-23)14-21-22-16(25-14)17(18,19)20/h5-6,8,13H,3-4,7,9H2,1-2H3. The first kappa shape index (κ1) is 17.4. The number of alkyl halides is 3. The molecule has 2 aromatic rings. The van der Waals surface area contributed by atoms with Crippen molar-refractivity contribution >= 4 is 5.91 Å². The molecule has 0 radical (unpaired) electrons. The summed E-state index contributed by atoms with van der Waals surface area (Å²) in [6.07, 6.45) is -3.38. The number of aromatic nitrogens is 2. The lowest BCUT2D eigenvalue weighted by atomic mass is 9.97. The number of nitrogens with zero attached hydrogens (tertiary/aromatic N) is 3. The van der Waals surface area contributed by atoms with Crippen LogP contribution >= 0.6 is 0 Å². The molecule has 1 fully saturated rings. The van der Waals surface area contributed by atoms with Crippen LogP contribution in [-0.2, 0) is 6.18 Å². The number of amides is 1. The molecule has 1 aliphatic rings. The smallest absolute Gasteiger partial charge is 0.417 e. The summed E-state index contributed by atoms with van der Waals surface area (Å²) in [6.45, 7) is 4.73. The fourth-order valence-electron chi connectivity index (χ4n) is 2.93. The summed E-state index contributed by atoms with van der Waals surface area (Å²) < 4.78 is 42.6. The van der Waals surface area contributed by atoms with E-state index >= 15 is 0 Å². The molecular formula is C17H18F3N3O2. The van der Waals surface area contributed by atoms with Crippen molar-refractivity contribution in [3.63, 3.8) is 0 Å². The van der Waals surface area contributed by atoms with Crippen molar-refractivity contribution in [2.24, 2.45) is 0 Å². The van der Waals surface area contributed by atoms with Gasteiger partial charge in [-0.1, -0.05) is 6.07 Å². The number of piperidine rings is 1. The Bertz CT molecular complexity index is 786. The van der Waals surface area contributed by atoms with Crippen molar-refractivity contribution in [2.45, 2.75) is 38.8 Å². The summed E-state index contributed by atoms with van der Waals surface area (Å²) in [6, 6.07) is 5.48. The summed E-state index contributed by atoms with van der Waals surface area (Å²) in [4.78, 5) is 14.3. The van der Waals surface area contributed by atoms with Gasteiger partial charge in [-0.15, -0.1) is 10.2 Å². The van der Waals surface area contributed by atoms with E-state index in [4.69, 9.17) is 4.42 Å². The van der Waals surface area contributed by atoms with Crippen LogP contribution in [0.5, 0.6) is 0 Å². The maximum Gasteiger partial charge on any atom is 0.470 e. The zero-order chi connectivity index (χ0) is 18.2. The fraction of sp³-hybridized carbons (Fsp3) is 0.471. The highest BCUT2D eigenvalue weighted by Gasteiger charge is 2.39. The molecule has 0 spiro atoms. The van der Waals surface area contributed by atoms with Gasteiger partial charge >= 0.3 is 12.1 Å². The number of carbonyl (C=O) groups is 1. The first-order valence-electron chi connectivity index (χ1n) is 8.03. The molecule has 0 saturated carbocycles. The summed E-state index contributed by atoms with van der Waals surface area (Å²) in [5.41, 5.74) is 2.69. The van der Waals surface area contributed by atoms with Crippen LogP contribution in [0.1, 0.15) is 52.0 Å². The molecule has 5 nitrogen and oxygen atoms in total. The molecule has 0 aliphatic carbocycles. The molecule has 1 aromatic heterocycles. The van der Waals surface area contributed by atoms with Crippen molar-refractivity contribution in [1.82, 2.24) is 15.1 Å². The van der Waals surface area contributed by atoms with Gasteiger partial charge in [0.1, 0.15) is 0 Å². The average molecular weight is 353 g/mol. The molecule has 0 bridgehead atoms. The number of carbonyl (C=O) groups excluding carboxylic acids is 1. The first-order chi connectivity index (χ1) is 11.8. The van der Waals surface area contributed by atoms with Crippen molar-refractivity contribution in [3.8, 4) is 0 Å². The number of rotatable bonds is 2. The maximum atomic E-state index is 12.7. The van der Waals surface area contributed by atoms with Crippen LogP contribution in [0.4, 0.5) is 13.2 Å². The summed E-state index contributed by atoms with van der Waals surface area (Å²) >= 11 is 0. The number of hydrogen-bond acceptors (Lipinski definition) is 4. The lowest BCUT2D eigenvalue weighted by Crippen LogP contribution is -2.39. The third kappa shape index (κ3) is 3.67. The maximum absolute atomic E-state index is 12.7. The van der Waals surface area contributed by atoms with Gasteiger partial charge in [-0.3, -0.25) is 4.79 Å². The van der Waals surface area contributed by atoms with Crippen LogP contribution in [0.15, 0.2) is 22.6 Å². The molecule has 25 heavy (non-hydrogen) atoms. The molecule has 1 aliphatic heterocycles. The van der Waals surface area contributed by atoms with Crippen molar-refractivity contribution < 1.29 is 22.4 Å². The minimum Gasteiger partial charge on any atom is -0.417 e. The van der Waals surface area contributed by atoms with E-state index in [1.165, 1.54) is 0 Å². The SMILES string of the molecule is Cc1ccc(C(=O)N2CCCC(c3nnc(C(F)(F)F)o3)C2)cc1C. The zero-order valence-corrected chi connectivity index (χ0v) is 13.9. The minimum atomic E-state index is -4.66. The summed E-state index contributed by atoms with van der Waals surface area (Å²) in [7, 11) is 0. The molecule has 1 aromatic carbocycles. The van der Waals surface area contributed by atoms with E-state index in [0.717, 1.165) is 11.1 Å². The van der Waals surface area contributed by atoms with Gasteiger partial charge in [0.25, 0.3) is 5.91 Å². The lowest BCUT2D eigenvalue weighted by molar-refractivity contribution is -0.157. The second kappa shape index (κ2) is 6.50. The fourth-order valence-corrected chi connectivity index (χ4v) is 2.93. The van der Waals surface area contributed by atoms with E-state index in [-0.39, 0.29) is 24.3 Å². The predicted octanol–water partition coefficient (Wildman–Crippen LogP) is 3.73. The molecule has 0 N–H and O–H groups in total. The van der Waals surface area contributed by atoms with E-state index < -0.39 is 12.1 Å². The molecule has 3 rings (SSSR count). The third-order valence-corrected chi connectivity index (χ3v) is 4.49. The van der Waals surface area contributed by atoms with E-state index in [2.05, 4.69) is 10.2 Å². The van der Waals surface area contributed by atoms with Crippen LogP contribution in [0, 0.1) is 13.8 Å². The highest BCUT2D eigenvalue weighted by atomic mass is 19.4. The molecule has 134 valence electrons. The first-order valence-corrected chi connectivity index (χ1v) is 8.03.